The van der Waals surface area contributed by atoms with Crippen molar-refractivity contribution in [3.8, 4) is 0 Å². The van der Waals surface area contributed by atoms with E-state index in [1.165, 1.54) is 25.7 Å². The van der Waals surface area contributed by atoms with Crippen LogP contribution in [0.3, 0.4) is 0 Å². The van der Waals surface area contributed by atoms with E-state index in [0.29, 0.717) is 23.5 Å². The van der Waals surface area contributed by atoms with Crippen molar-refractivity contribution in [2.75, 3.05) is 0 Å². The molecule has 7 atom stereocenters. The lowest BCUT2D eigenvalue weighted by molar-refractivity contribution is -0.158. The van der Waals surface area contributed by atoms with Crippen LogP contribution >= 0.6 is 0 Å². The van der Waals surface area contributed by atoms with Crippen molar-refractivity contribution < 1.29 is 14.3 Å². The van der Waals surface area contributed by atoms with E-state index < -0.39 is 0 Å². The summed E-state index contributed by atoms with van der Waals surface area (Å²) in [6.45, 7) is 8.34. The number of rotatable bonds is 1. The smallest absolute Gasteiger partial charge is 0.302 e. The fourth-order valence-electron chi connectivity index (χ4n) is 7.29. The molecule has 0 aromatic rings. The van der Waals surface area contributed by atoms with Crippen molar-refractivity contribution in [1.82, 2.24) is 0 Å². The third-order valence-corrected chi connectivity index (χ3v) is 8.58. The van der Waals surface area contributed by atoms with Crippen LogP contribution in [-0.4, -0.2) is 17.9 Å². The zero-order valence-electron chi connectivity index (χ0n) is 16.1. The number of ketones is 1. The Bertz CT molecular complexity index is 635. The van der Waals surface area contributed by atoms with Gasteiger partial charge in [-0.05, 0) is 80.1 Å². The first-order chi connectivity index (χ1) is 11.8. The summed E-state index contributed by atoms with van der Waals surface area (Å²) in [7, 11) is 0. The number of carbonyl (C=O) groups excluding carboxylic acids is 2. The fraction of sp³-hybridized carbons (Fsp3) is 0.818. The molecule has 0 spiro atoms. The number of hydrogen-bond acceptors (Lipinski definition) is 3. The lowest BCUT2D eigenvalue weighted by atomic mass is 9.46. The summed E-state index contributed by atoms with van der Waals surface area (Å²) in [5.74, 6) is 2.83. The Hall–Kier alpha value is -1.12. The molecule has 3 saturated carbocycles. The molecule has 25 heavy (non-hydrogen) atoms. The first-order valence-electron chi connectivity index (χ1n) is 10.2. The largest absolute Gasteiger partial charge is 0.462 e. The Balaban J connectivity index is 1.64. The number of carbonyl (C=O) groups is 2. The van der Waals surface area contributed by atoms with Crippen molar-refractivity contribution >= 4 is 11.8 Å². The lowest BCUT2D eigenvalue weighted by Gasteiger charge is -2.59. The summed E-state index contributed by atoms with van der Waals surface area (Å²) in [5.41, 5.74) is 1.32. The average molecular weight is 344 g/mol. The number of ether oxygens (including phenoxy) is 1. The van der Waals surface area contributed by atoms with Crippen LogP contribution in [0.25, 0.3) is 0 Å². The first kappa shape index (κ1) is 17.3. The van der Waals surface area contributed by atoms with Crippen LogP contribution in [0.1, 0.15) is 72.6 Å². The molecule has 4 aliphatic carbocycles. The highest BCUT2D eigenvalue weighted by molar-refractivity contribution is 5.96. The van der Waals surface area contributed by atoms with Gasteiger partial charge in [0.05, 0.1) is 0 Å². The van der Waals surface area contributed by atoms with Gasteiger partial charge in [0.25, 0.3) is 0 Å². The Morgan fingerprint density at radius 3 is 2.60 bits per heavy atom. The van der Waals surface area contributed by atoms with E-state index >= 15 is 0 Å². The minimum atomic E-state index is -0.131. The summed E-state index contributed by atoms with van der Waals surface area (Å²) in [6, 6.07) is 0. The van der Waals surface area contributed by atoms with Crippen molar-refractivity contribution in [3.05, 3.63) is 11.6 Å². The van der Waals surface area contributed by atoms with Gasteiger partial charge in [0, 0.05) is 18.8 Å². The number of allylic oxidation sites excluding steroid dienone is 2. The predicted molar refractivity (Wildman–Crippen MR) is 96.8 cm³/mol. The van der Waals surface area contributed by atoms with Gasteiger partial charge in [-0.2, -0.15) is 0 Å². The van der Waals surface area contributed by atoms with E-state index in [1.807, 2.05) is 6.92 Å². The summed E-state index contributed by atoms with van der Waals surface area (Å²) in [6.07, 6.45) is 10.2. The van der Waals surface area contributed by atoms with Gasteiger partial charge in [0.2, 0.25) is 0 Å². The Morgan fingerprint density at radius 2 is 1.88 bits per heavy atom. The summed E-state index contributed by atoms with van der Waals surface area (Å²) >= 11 is 0. The van der Waals surface area contributed by atoms with E-state index in [0.717, 1.165) is 30.8 Å². The zero-order chi connectivity index (χ0) is 18.0. The molecule has 0 aromatic carbocycles. The van der Waals surface area contributed by atoms with E-state index in [-0.39, 0.29) is 22.9 Å². The summed E-state index contributed by atoms with van der Waals surface area (Å²) < 4.78 is 5.73. The molecule has 0 amide bonds. The molecule has 0 aliphatic heterocycles. The van der Waals surface area contributed by atoms with Crippen LogP contribution in [0.4, 0.5) is 0 Å². The fourth-order valence-corrected chi connectivity index (χ4v) is 7.29. The second-order valence-electron chi connectivity index (χ2n) is 9.69. The summed E-state index contributed by atoms with van der Waals surface area (Å²) in [5, 5.41) is 0. The normalized spacial score (nSPS) is 48.9. The minimum absolute atomic E-state index is 0.103. The number of Topliss-reactive ketones (excluding diaryl/α,β-unsaturated/α-hetero) is 1. The molecule has 0 aromatic heterocycles. The summed E-state index contributed by atoms with van der Waals surface area (Å²) in [4.78, 5) is 23.8. The topological polar surface area (TPSA) is 43.4 Å². The number of esters is 1. The lowest BCUT2D eigenvalue weighted by Crippen LogP contribution is -2.53. The van der Waals surface area contributed by atoms with Gasteiger partial charge in [-0.3, -0.25) is 9.59 Å². The van der Waals surface area contributed by atoms with E-state index in [4.69, 9.17) is 4.74 Å². The monoisotopic (exact) mass is 344 g/mol. The highest BCUT2D eigenvalue weighted by Crippen LogP contribution is 2.65. The molecule has 4 rings (SSSR count). The highest BCUT2D eigenvalue weighted by Gasteiger charge is 2.60. The average Bonchev–Trinajstić information content (AvgIpc) is 2.85. The molecule has 0 bridgehead atoms. The molecule has 4 aliphatic rings. The molecule has 3 heteroatoms. The van der Waals surface area contributed by atoms with Gasteiger partial charge in [-0.1, -0.05) is 19.9 Å². The standard InChI is InChI=1S/C22H32O3/c1-13-12-22(4)15(11-19(13)24)5-6-16-17-7-8-20(25-14(2)23)21(17,3)10-9-18(16)22/h12,15-18,20H,5-11H2,1-4H3. The van der Waals surface area contributed by atoms with E-state index in [2.05, 4.69) is 19.9 Å². The predicted octanol–water partition coefficient (Wildman–Crippen LogP) is 4.70. The molecule has 0 radical (unpaired) electrons. The Kier molecular flexibility index (Phi) is 3.94. The highest BCUT2D eigenvalue weighted by atomic mass is 16.5. The minimum Gasteiger partial charge on any atom is -0.462 e. The van der Waals surface area contributed by atoms with E-state index in [1.54, 1.807) is 6.92 Å². The molecule has 0 saturated heterocycles. The van der Waals surface area contributed by atoms with Crippen molar-refractivity contribution in [1.29, 1.82) is 0 Å². The molecule has 3 nitrogen and oxygen atoms in total. The SMILES string of the molecule is CC(=O)OC1CCC2C3CCC4CC(=O)C(C)=CC4(C)C3CCC12C. The van der Waals surface area contributed by atoms with Gasteiger partial charge in [0.1, 0.15) is 6.10 Å². The van der Waals surface area contributed by atoms with Crippen molar-refractivity contribution in [2.24, 2.45) is 34.5 Å². The molecule has 3 fully saturated rings. The third-order valence-electron chi connectivity index (χ3n) is 8.58. The van der Waals surface area contributed by atoms with Crippen LogP contribution in [0.15, 0.2) is 11.6 Å². The van der Waals surface area contributed by atoms with Crippen LogP contribution in [0.5, 0.6) is 0 Å². The molecule has 0 N–H and O–H groups in total. The number of fused-ring (bicyclic) bond motifs is 5. The third kappa shape index (κ3) is 2.44. The maximum Gasteiger partial charge on any atom is 0.302 e. The Labute approximate surface area is 151 Å². The van der Waals surface area contributed by atoms with Crippen LogP contribution in [-0.2, 0) is 14.3 Å². The van der Waals surface area contributed by atoms with Gasteiger partial charge in [-0.15, -0.1) is 0 Å². The maximum absolute atomic E-state index is 12.2. The van der Waals surface area contributed by atoms with Crippen molar-refractivity contribution in [2.45, 2.75) is 78.7 Å². The van der Waals surface area contributed by atoms with Crippen molar-refractivity contribution in [3.63, 3.8) is 0 Å². The maximum atomic E-state index is 12.2. The van der Waals surface area contributed by atoms with E-state index in [9.17, 15) is 9.59 Å². The zero-order valence-corrected chi connectivity index (χ0v) is 16.1. The quantitative estimate of drug-likeness (QED) is 0.648. The number of hydrogen-bond donors (Lipinski definition) is 0. The molecular formula is C22H32O3. The van der Waals surface area contributed by atoms with Crippen LogP contribution in [0, 0.1) is 34.5 Å². The van der Waals surface area contributed by atoms with Gasteiger partial charge in [-0.25, -0.2) is 0 Å². The van der Waals surface area contributed by atoms with Gasteiger partial charge in [0.15, 0.2) is 5.78 Å². The molecule has 7 unspecified atom stereocenters. The molecule has 138 valence electrons. The second-order valence-corrected chi connectivity index (χ2v) is 9.69. The molecular weight excluding hydrogens is 312 g/mol. The van der Waals surface area contributed by atoms with Gasteiger partial charge < -0.3 is 4.74 Å². The first-order valence-corrected chi connectivity index (χ1v) is 10.2. The van der Waals surface area contributed by atoms with Crippen LogP contribution in [0.2, 0.25) is 0 Å². The molecule has 0 heterocycles. The Morgan fingerprint density at radius 1 is 1.12 bits per heavy atom. The van der Waals surface area contributed by atoms with Gasteiger partial charge >= 0.3 is 5.97 Å². The van der Waals surface area contributed by atoms with Crippen LogP contribution < -0.4 is 0 Å². The second kappa shape index (κ2) is 5.69.